The fourth-order valence-corrected chi connectivity index (χ4v) is 5.03. The van der Waals surface area contributed by atoms with E-state index in [-0.39, 0.29) is 36.3 Å². The molecule has 0 aliphatic carbocycles. The Morgan fingerprint density at radius 3 is 2.64 bits per heavy atom. The maximum atomic E-state index is 13.9. The van der Waals surface area contributed by atoms with Crippen LogP contribution in [0.2, 0.25) is 0 Å². The van der Waals surface area contributed by atoms with E-state index in [9.17, 15) is 23.5 Å². The highest BCUT2D eigenvalue weighted by atomic mass is 19.1. The van der Waals surface area contributed by atoms with Crippen LogP contribution in [0, 0.1) is 17.6 Å². The van der Waals surface area contributed by atoms with Crippen molar-refractivity contribution in [1.82, 2.24) is 15.5 Å². The van der Waals surface area contributed by atoms with Crippen LogP contribution in [-0.4, -0.2) is 72.4 Å². The molecular weight excluding hydrogens is 468 g/mol. The Morgan fingerprint density at radius 1 is 1.22 bits per heavy atom. The van der Waals surface area contributed by atoms with Crippen LogP contribution in [0.3, 0.4) is 0 Å². The molecule has 2 fully saturated rings. The Morgan fingerprint density at radius 2 is 1.94 bits per heavy atom. The maximum Gasteiger partial charge on any atom is 0.225 e. The fourth-order valence-electron chi connectivity index (χ4n) is 5.03. The molecule has 2 heterocycles. The summed E-state index contributed by atoms with van der Waals surface area (Å²) in [5.74, 6) is -1.99. The van der Waals surface area contributed by atoms with Crippen molar-refractivity contribution in [1.29, 1.82) is 0 Å². The molecule has 1 unspecified atom stereocenters. The number of unbranched alkanes of at least 4 members (excludes halogenated alkanes) is 2. The number of hydrogen-bond donors (Lipinski definition) is 3. The Hall–Kier alpha value is -2.10. The standard InChI is InChI=1S/C27H41F2N3O4/c1-3-5-9-32-17-19(7-8-25(32)33)27(35)31-24(13-18-11-20(28)14-21(29)12-18)26(34)23-15-22(16-30-23)36-10-6-4-2/h11-12,14,19,22-24,26,30,34H,3-10,13,15-17H2,1-2H3,(H,31,35)/t19?,22-,23-,24+,26-/m1/s1. The number of ether oxygens (including phenoxy) is 1. The van der Waals surface area contributed by atoms with Crippen LogP contribution in [0.5, 0.6) is 0 Å². The van der Waals surface area contributed by atoms with Crippen LogP contribution in [0.25, 0.3) is 0 Å². The summed E-state index contributed by atoms with van der Waals surface area (Å²) in [7, 11) is 0. The molecule has 0 aromatic heterocycles. The van der Waals surface area contributed by atoms with Crippen molar-refractivity contribution in [2.45, 2.75) is 89.5 Å². The lowest BCUT2D eigenvalue weighted by molar-refractivity contribution is -0.138. The average Bonchev–Trinajstić information content (AvgIpc) is 3.31. The number of hydrogen-bond acceptors (Lipinski definition) is 5. The van der Waals surface area contributed by atoms with Gasteiger partial charge in [0.2, 0.25) is 11.8 Å². The first-order chi connectivity index (χ1) is 17.3. The summed E-state index contributed by atoms with van der Waals surface area (Å²) in [5.41, 5.74) is 0.356. The summed E-state index contributed by atoms with van der Waals surface area (Å²) in [5, 5.41) is 17.5. The number of nitrogens with zero attached hydrogens (tertiary/aromatic N) is 1. The summed E-state index contributed by atoms with van der Waals surface area (Å²) >= 11 is 0. The minimum Gasteiger partial charge on any atom is -0.389 e. The van der Waals surface area contributed by atoms with Gasteiger partial charge in [-0.1, -0.05) is 26.7 Å². The molecule has 0 saturated carbocycles. The van der Waals surface area contributed by atoms with Gasteiger partial charge >= 0.3 is 0 Å². The number of piperidine rings is 1. The first-order valence-corrected chi connectivity index (χ1v) is 13.4. The van der Waals surface area contributed by atoms with Crippen LogP contribution >= 0.6 is 0 Å². The Balaban J connectivity index is 1.69. The van der Waals surface area contributed by atoms with E-state index in [4.69, 9.17) is 4.74 Å². The third kappa shape index (κ3) is 8.21. The van der Waals surface area contributed by atoms with Crippen LogP contribution in [-0.2, 0) is 20.7 Å². The highest BCUT2D eigenvalue weighted by Crippen LogP contribution is 2.22. The Labute approximate surface area is 213 Å². The Bertz CT molecular complexity index is 851. The Kier molecular flexibility index (Phi) is 11.1. The number of carbonyl (C=O) groups is 2. The van der Waals surface area contributed by atoms with E-state index in [2.05, 4.69) is 24.5 Å². The quantitative estimate of drug-likeness (QED) is 0.356. The van der Waals surface area contributed by atoms with Gasteiger partial charge in [0.05, 0.1) is 24.2 Å². The van der Waals surface area contributed by atoms with Crippen molar-refractivity contribution >= 4 is 11.8 Å². The fraction of sp³-hybridized carbons (Fsp3) is 0.704. The third-order valence-corrected chi connectivity index (χ3v) is 7.16. The highest BCUT2D eigenvalue weighted by molar-refractivity contribution is 5.84. The van der Waals surface area contributed by atoms with E-state index in [1.807, 2.05) is 0 Å². The summed E-state index contributed by atoms with van der Waals surface area (Å²) in [4.78, 5) is 27.3. The molecule has 7 nitrogen and oxygen atoms in total. The monoisotopic (exact) mass is 509 g/mol. The number of carbonyl (C=O) groups excluding carboxylic acids is 2. The smallest absolute Gasteiger partial charge is 0.225 e. The number of aliphatic hydroxyl groups excluding tert-OH is 1. The minimum atomic E-state index is -0.985. The van der Waals surface area contributed by atoms with Crippen molar-refractivity contribution < 1.29 is 28.2 Å². The second-order valence-electron chi connectivity index (χ2n) is 10.1. The van der Waals surface area contributed by atoms with E-state index in [1.54, 1.807) is 4.90 Å². The maximum absolute atomic E-state index is 13.9. The molecule has 36 heavy (non-hydrogen) atoms. The van der Waals surface area contributed by atoms with Gasteiger partial charge in [0, 0.05) is 44.8 Å². The molecule has 0 radical (unpaired) electrons. The molecule has 2 aliphatic heterocycles. The lowest BCUT2D eigenvalue weighted by Crippen LogP contribution is -2.55. The molecule has 3 N–H and O–H groups in total. The van der Waals surface area contributed by atoms with Crippen LogP contribution in [0.15, 0.2) is 18.2 Å². The van der Waals surface area contributed by atoms with Gasteiger partial charge in [0.25, 0.3) is 0 Å². The van der Waals surface area contributed by atoms with Gasteiger partial charge in [-0.15, -0.1) is 0 Å². The van der Waals surface area contributed by atoms with Crippen molar-refractivity contribution in [3.63, 3.8) is 0 Å². The van der Waals surface area contributed by atoms with Crippen molar-refractivity contribution in [3.05, 3.63) is 35.4 Å². The van der Waals surface area contributed by atoms with E-state index < -0.39 is 23.8 Å². The number of amides is 2. The van der Waals surface area contributed by atoms with Crippen LogP contribution in [0.1, 0.15) is 64.4 Å². The first kappa shape index (κ1) is 28.5. The topological polar surface area (TPSA) is 90.9 Å². The van der Waals surface area contributed by atoms with Gasteiger partial charge in [-0.25, -0.2) is 8.78 Å². The van der Waals surface area contributed by atoms with Gasteiger partial charge < -0.3 is 25.4 Å². The zero-order valence-corrected chi connectivity index (χ0v) is 21.5. The van der Waals surface area contributed by atoms with Gasteiger partial charge in [0.1, 0.15) is 11.6 Å². The molecular formula is C27H41F2N3O4. The van der Waals surface area contributed by atoms with Crippen molar-refractivity contribution in [2.24, 2.45) is 5.92 Å². The molecule has 2 amide bonds. The zero-order chi connectivity index (χ0) is 26.1. The predicted molar refractivity (Wildman–Crippen MR) is 133 cm³/mol. The number of rotatable bonds is 13. The molecule has 0 spiro atoms. The number of aliphatic hydroxyl groups is 1. The summed E-state index contributed by atoms with van der Waals surface area (Å²) in [6.45, 7) is 6.37. The molecule has 3 rings (SSSR count). The second-order valence-corrected chi connectivity index (χ2v) is 10.1. The SMILES string of the molecule is CCCCO[C@H]1CN[C@@H]([C@@H](O)[C@H](Cc2cc(F)cc(F)c2)NC(=O)C2CCC(=O)N(CCCC)C2)C1. The summed E-state index contributed by atoms with van der Waals surface area (Å²) in [6.07, 6.45) is 4.23. The molecule has 1 aromatic rings. The summed E-state index contributed by atoms with van der Waals surface area (Å²) in [6, 6.07) is 2.16. The van der Waals surface area contributed by atoms with E-state index >= 15 is 0 Å². The lowest BCUT2D eigenvalue weighted by atomic mass is 9.92. The zero-order valence-electron chi connectivity index (χ0n) is 21.5. The number of halogens is 2. The highest BCUT2D eigenvalue weighted by Gasteiger charge is 2.37. The molecule has 202 valence electrons. The lowest BCUT2D eigenvalue weighted by Gasteiger charge is -2.34. The minimum absolute atomic E-state index is 0.0318. The molecule has 1 aromatic carbocycles. The van der Waals surface area contributed by atoms with Gasteiger partial charge in [-0.3, -0.25) is 9.59 Å². The van der Waals surface area contributed by atoms with Gasteiger partial charge in [-0.2, -0.15) is 0 Å². The molecule has 2 aliphatic rings. The second kappa shape index (κ2) is 14.0. The molecule has 2 saturated heterocycles. The van der Waals surface area contributed by atoms with E-state index in [0.717, 1.165) is 31.7 Å². The molecule has 9 heteroatoms. The molecule has 5 atom stereocenters. The first-order valence-electron chi connectivity index (χ1n) is 13.4. The largest absolute Gasteiger partial charge is 0.389 e. The van der Waals surface area contributed by atoms with Crippen molar-refractivity contribution in [2.75, 3.05) is 26.2 Å². The van der Waals surface area contributed by atoms with E-state index in [0.29, 0.717) is 51.1 Å². The number of benzene rings is 1. The van der Waals surface area contributed by atoms with Crippen LogP contribution < -0.4 is 10.6 Å². The predicted octanol–water partition coefficient (Wildman–Crippen LogP) is 2.94. The third-order valence-electron chi connectivity index (χ3n) is 7.16. The summed E-state index contributed by atoms with van der Waals surface area (Å²) < 4.78 is 33.6. The van der Waals surface area contributed by atoms with E-state index in [1.165, 1.54) is 12.1 Å². The normalized spacial score (nSPS) is 24.1. The number of nitrogens with one attached hydrogen (secondary N) is 2. The molecule has 0 bridgehead atoms. The van der Waals surface area contributed by atoms with Crippen LogP contribution in [0.4, 0.5) is 8.78 Å². The number of likely N-dealkylation sites (tertiary alicyclic amines) is 1. The van der Waals surface area contributed by atoms with Gasteiger partial charge in [-0.05, 0) is 49.8 Å². The van der Waals surface area contributed by atoms with Crippen molar-refractivity contribution in [3.8, 4) is 0 Å². The average molecular weight is 510 g/mol. The van der Waals surface area contributed by atoms with Gasteiger partial charge in [0.15, 0.2) is 0 Å².